The third kappa shape index (κ3) is 7.29. The molecule has 2 heteroatoms. The summed E-state index contributed by atoms with van der Waals surface area (Å²) in [6.07, 6.45) is 12.9. The van der Waals surface area contributed by atoms with Crippen LogP contribution < -0.4 is 4.90 Å². The van der Waals surface area contributed by atoms with Crippen molar-refractivity contribution in [3.05, 3.63) is 235 Å². The van der Waals surface area contributed by atoms with Crippen LogP contribution in [0.3, 0.4) is 0 Å². The minimum Gasteiger partial charge on any atom is -0.317 e. The molecule has 1 aliphatic rings. The topological polar surface area (TPSA) is 8.17 Å². The number of aromatic nitrogens is 1. The molecular formula is C56H46N2. The Morgan fingerprint density at radius 1 is 0.586 bits per heavy atom. The Kier molecular flexibility index (Phi) is 10.1. The van der Waals surface area contributed by atoms with Crippen LogP contribution in [0.4, 0.5) is 11.4 Å². The Morgan fingerprint density at radius 2 is 1.16 bits per heavy atom. The second kappa shape index (κ2) is 16.1. The first-order chi connectivity index (χ1) is 28.5. The summed E-state index contributed by atoms with van der Waals surface area (Å²) in [6.45, 7) is 8.52. The predicted octanol–water partition coefficient (Wildman–Crippen LogP) is 15.2. The van der Waals surface area contributed by atoms with Gasteiger partial charge in [-0.05, 0) is 126 Å². The highest BCUT2D eigenvalue weighted by Gasteiger charge is 2.20. The zero-order valence-corrected chi connectivity index (χ0v) is 33.1. The van der Waals surface area contributed by atoms with Gasteiger partial charge >= 0.3 is 0 Å². The van der Waals surface area contributed by atoms with Crippen LogP contribution in [0.1, 0.15) is 35.7 Å². The number of aryl methyl sites for hydroxylation is 1. The van der Waals surface area contributed by atoms with E-state index < -0.39 is 0 Å². The molecule has 1 aromatic heterocycles. The van der Waals surface area contributed by atoms with E-state index in [0.717, 1.165) is 35.4 Å². The summed E-state index contributed by atoms with van der Waals surface area (Å²) in [5.74, 6) is 0. The summed E-state index contributed by atoms with van der Waals surface area (Å²) in [6, 6.07) is 63.4. The van der Waals surface area contributed by atoms with E-state index in [4.69, 9.17) is 0 Å². The fourth-order valence-corrected chi connectivity index (χ4v) is 8.32. The molecule has 0 saturated heterocycles. The number of rotatable bonds is 10. The van der Waals surface area contributed by atoms with Crippen molar-refractivity contribution in [3.63, 3.8) is 0 Å². The maximum Gasteiger partial charge on any atom is 0.0537 e. The van der Waals surface area contributed by atoms with Gasteiger partial charge in [-0.15, -0.1) is 0 Å². The number of allylic oxidation sites excluding steroid dienone is 5. The van der Waals surface area contributed by atoms with Gasteiger partial charge in [0.05, 0.1) is 5.52 Å². The van der Waals surface area contributed by atoms with Crippen molar-refractivity contribution in [1.29, 1.82) is 0 Å². The standard InChI is InChI=1S/C56H46N2/c1-4-13-46(51-18-11-12-19-52(51)47-16-9-6-10-17-47)36-37-57(48-28-22-43(23-29-48)42-14-7-5-8-15-42)49-30-24-44(25-31-49)45-26-32-50(33-27-45)58-55-34-20-40(2)38-53(55)54-39-41(3)21-35-56(54)58/h4-20,22-34,36-39H,1,21,35H2,2-3H3/b37-36-,46-13+. The van der Waals surface area contributed by atoms with Gasteiger partial charge in [0.2, 0.25) is 0 Å². The molecule has 280 valence electrons. The van der Waals surface area contributed by atoms with Gasteiger partial charge < -0.3 is 9.47 Å². The van der Waals surface area contributed by atoms with Crippen molar-refractivity contribution in [2.24, 2.45) is 0 Å². The van der Waals surface area contributed by atoms with E-state index in [9.17, 15) is 0 Å². The van der Waals surface area contributed by atoms with E-state index in [1.54, 1.807) is 0 Å². The summed E-state index contributed by atoms with van der Waals surface area (Å²) < 4.78 is 2.47. The lowest BCUT2D eigenvalue weighted by atomic mass is 9.94. The van der Waals surface area contributed by atoms with Gasteiger partial charge in [-0.25, -0.2) is 0 Å². The van der Waals surface area contributed by atoms with Crippen LogP contribution in [0, 0.1) is 6.92 Å². The third-order valence-corrected chi connectivity index (χ3v) is 11.3. The van der Waals surface area contributed by atoms with Gasteiger partial charge in [0, 0.05) is 39.9 Å². The maximum absolute atomic E-state index is 4.08. The van der Waals surface area contributed by atoms with E-state index in [2.05, 4.69) is 230 Å². The molecule has 0 radical (unpaired) electrons. The molecule has 0 saturated carbocycles. The minimum absolute atomic E-state index is 1.05. The molecule has 0 atom stereocenters. The Bertz CT molecular complexity index is 2820. The zero-order valence-electron chi connectivity index (χ0n) is 33.1. The van der Waals surface area contributed by atoms with E-state index in [-0.39, 0.29) is 0 Å². The second-order valence-electron chi connectivity index (χ2n) is 15.2. The number of fused-ring (bicyclic) bond motifs is 3. The van der Waals surface area contributed by atoms with Crippen LogP contribution in [-0.4, -0.2) is 4.57 Å². The lowest BCUT2D eigenvalue weighted by molar-refractivity contribution is 0.856. The Hall–Kier alpha value is -7.16. The minimum atomic E-state index is 1.05. The largest absolute Gasteiger partial charge is 0.317 e. The lowest BCUT2D eigenvalue weighted by Crippen LogP contribution is -2.08. The Morgan fingerprint density at radius 3 is 1.79 bits per heavy atom. The lowest BCUT2D eigenvalue weighted by Gasteiger charge is -2.22. The van der Waals surface area contributed by atoms with Gasteiger partial charge in [0.15, 0.2) is 0 Å². The van der Waals surface area contributed by atoms with Crippen molar-refractivity contribution in [2.75, 3.05) is 4.90 Å². The molecule has 0 amide bonds. The van der Waals surface area contributed by atoms with E-state index in [1.807, 2.05) is 6.08 Å². The monoisotopic (exact) mass is 746 g/mol. The second-order valence-corrected chi connectivity index (χ2v) is 15.2. The number of benzene rings is 7. The predicted molar refractivity (Wildman–Crippen MR) is 249 cm³/mol. The average molecular weight is 747 g/mol. The number of hydrogen-bond donors (Lipinski definition) is 0. The van der Waals surface area contributed by atoms with Gasteiger partial charge in [-0.2, -0.15) is 0 Å². The molecule has 2 nitrogen and oxygen atoms in total. The molecule has 0 N–H and O–H groups in total. The molecule has 7 aromatic carbocycles. The van der Waals surface area contributed by atoms with Gasteiger partial charge in [-0.1, -0.05) is 163 Å². The third-order valence-electron chi connectivity index (χ3n) is 11.3. The molecule has 0 fully saturated rings. The molecule has 0 bridgehead atoms. The van der Waals surface area contributed by atoms with Crippen molar-refractivity contribution in [2.45, 2.75) is 26.7 Å². The smallest absolute Gasteiger partial charge is 0.0537 e. The normalized spacial score (nSPS) is 12.7. The van der Waals surface area contributed by atoms with Crippen molar-refractivity contribution in [3.8, 4) is 39.1 Å². The molecule has 0 spiro atoms. The number of anilines is 2. The van der Waals surface area contributed by atoms with Crippen LogP contribution in [0.5, 0.6) is 0 Å². The molecule has 0 unspecified atom stereocenters. The summed E-state index contributed by atoms with van der Waals surface area (Å²) in [5, 5.41) is 1.34. The first-order valence-corrected chi connectivity index (χ1v) is 20.2. The molecule has 8 aromatic rings. The highest BCUT2D eigenvalue weighted by molar-refractivity contribution is 5.94. The highest BCUT2D eigenvalue weighted by atomic mass is 15.1. The van der Waals surface area contributed by atoms with Crippen LogP contribution in [-0.2, 0) is 6.42 Å². The average Bonchev–Trinajstić information content (AvgIpc) is 3.59. The van der Waals surface area contributed by atoms with Gasteiger partial charge in [-0.3, -0.25) is 0 Å². The Balaban J connectivity index is 1.06. The van der Waals surface area contributed by atoms with Gasteiger partial charge in [0.25, 0.3) is 0 Å². The SMILES string of the molecule is C=C/C=C(\C=C/N(c1ccc(-c2ccccc2)cc1)c1ccc(-c2ccc(-n3c4c(c5cc(C)ccc53)C=C(C)CC4)cc2)cc1)c1ccccc1-c1ccccc1. The van der Waals surface area contributed by atoms with Crippen LogP contribution in [0.25, 0.3) is 61.6 Å². The summed E-state index contributed by atoms with van der Waals surface area (Å²) in [7, 11) is 0. The number of hydrogen-bond acceptors (Lipinski definition) is 1. The van der Waals surface area contributed by atoms with E-state index >= 15 is 0 Å². The van der Waals surface area contributed by atoms with Crippen LogP contribution in [0.2, 0.25) is 0 Å². The first-order valence-electron chi connectivity index (χ1n) is 20.2. The maximum atomic E-state index is 4.08. The summed E-state index contributed by atoms with van der Waals surface area (Å²) in [4.78, 5) is 2.27. The summed E-state index contributed by atoms with van der Waals surface area (Å²) in [5.41, 5.74) is 19.5. The summed E-state index contributed by atoms with van der Waals surface area (Å²) >= 11 is 0. The molecule has 58 heavy (non-hydrogen) atoms. The first kappa shape index (κ1) is 36.5. The number of nitrogens with zero attached hydrogens (tertiary/aromatic N) is 2. The molecule has 1 heterocycles. The molecule has 9 rings (SSSR count). The molecule has 0 aliphatic heterocycles. The Labute approximate surface area is 342 Å². The van der Waals surface area contributed by atoms with Crippen LogP contribution in [0.15, 0.2) is 213 Å². The quantitative estimate of drug-likeness (QED) is 0.127. The highest BCUT2D eigenvalue weighted by Crippen LogP contribution is 2.38. The van der Waals surface area contributed by atoms with Crippen molar-refractivity contribution >= 4 is 33.9 Å². The van der Waals surface area contributed by atoms with E-state index in [1.165, 1.54) is 72.4 Å². The van der Waals surface area contributed by atoms with Crippen LogP contribution >= 0.6 is 0 Å². The van der Waals surface area contributed by atoms with Crippen molar-refractivity contribution < 1.29 is 0 Å². The fourth-order valence-electron chi connectivity index (χ4n) is 8.32. The van der Waals surface area contributed by atoms with E-state index in [0.29, 0.717) is 0 Å². The van der Waals surface area contributed by atoms with Gasteiger partial charge in [0.1, 0.15) is 0 Å². The van der Waals surface area contributed by atoms with Crippen molar-refractivity contribution in [1.82, 2.24) is 4.57 Å². The molecule has 1 aliphatic carbocycles. The molecular weight excluding hydrogens is 701 g/mol. The fraction of sp³-hybridized carbons (Fsp3) is 0.0714. The zero-order chi connectivity index (χ0) is 39.4.